The van der Waals surface area contributed by atoms with Crippen molar-refractivity contribution >= 4 is 46.4 Å². The number of fused-ring (bicyclic) bond motifs is 1. The summed E-state index contributed by atoms with van der Waals surface area (Å²) in [4.78, 5) is 62.1. The normalized spacial score (nSPS) is 13.6. The van der Waals surface area contributed by atoms with Gasteiger partial charge in [-0.05, 0) is 59.7 Å². The predicted octanol–water partition coefficient (Wildman–Crippen LogP) is 3.26. The maximum Gasteiger partial charge on any atom is 0.326 e. The van der Waals surface area contributed by atoms with Crippen molar-refractivity contribution in [3.05, 3.63) is 123 Å². The number of carbonyl (C=O) groups excluding carboxylic acids is 1. The molecule has 7 rings (SSSR count). The third-order valence-electron chi connectivity index (χ3n) is 8.87. The Bertz CT molecular complexity index is 2440. The zero-order valence-corrected chi connectivity index (χ0v) is 29.2. The van der Waals surface area contributed by atoms with Crippen LogP contribution in [0.15, 0.2) is 83.8 Å². The Morgan fingerprint density at radius 2 is 1.71 bits per heavy atom. The fourth-order valence-corrected chi connectivity index (χ4v) is 6.09. The molecule has 18 heteroatoms. The molecule has 0 radical (unpaired) electrons. The first kappa shape index (κ1) is 36.1. The molecule has 6 N–H and O–H groups in total. The maximum absolute atomic E-state index is 13.8. The number of piperazine rings is 1. The number of hydrogen-bond acceptors (Lipinski definition) is 13. The van der Waals surface area contributed by atoms with Gasteiger partial charge in [-0.15, -0.1) is 0 Å². The summed E-state index contributed by atoms with van der Waals surface area (Å²) < 4.78 is 13.8. The number of carboxylic acids is 1. The summed E-state index contributed by atoms with van der Waals surface area (Å²) in [7, 11) is 0. The minimum absolute atomic E-state index is 0.00921. The maximum atomic E-state index is 13.8. The van der Waals surface area contributed by atoms with Crippen LogP contribution in [0.3, 0.4) is 0 Å². The van der Waals surface area contributed by atoms with Crippen LogP contribution in [0.5, 0.6) is 0 Å². The van der Waals surface area contributed by atoms with Gasteiger partial charge >= 0.3 is 5.97 Å². The first-order valence-corrected chi connectivity index (χ1v) is 17.2. The second kappa shape index (κ2) is 16.2. The van der Waals surface area contributed by atoms with Crippen molar-refractivity contribution in [1.29, 1.82) is 5.26 Å². The lowest BCUT2D eigenvalue weighted by molar-refractivity contribution is -0.137. The minimum Gasteiger partial charge on any atom is -0.480 e. The Morgan fingerprint density at radius 1 is 0.927 bits per heavy atom. The highest BCUT2D eigenvalue weighted by Crippen LogP contribution is 2.21. The molecule has 1 aliphatic rings. The molecule has 3 aromatic heterocycles. The molecule has 3 aromatic carbocycles. The van der Waals surface area contributed by atoms with E-state index in [1.165, 1.54) is 24.4 Å². The molecule has 0 aliphatic carbocycles. The lowest BCUT2D eigenvalue weighted by Crippen LogP contribution is -2.49. The molecule has 4 heterocycles. The SMILES string of the molecule is N#Cc1ccc(C[C@H](Nc2nc(NCc3nc4ccc(F)cc4[nH]3)nc(Nc3cccc(CN4CCN(C(=O)c5ccn[nH]c5=O)CC4)c3)n2)C(=O)O)cc1. The largest absolute Gasteiger partial charge is 0.480 e. The molecular weight excluding hydrogens is 709 g/mol. The van der Waals surface area contributed by atoms with Crippen LogP contribution in [0.2, 0.25) is 0 Å². The Morgan fingerprint density at radius 3 is 2.47 bits per heavy atom. The summed E-state index contributed by atoms with van der Waals surface area (Å²) in [5.41, 5.74) is 3.46. The van der Waals surface area contributed by atoms with E-state index in [0.29, 0.717) is 66.4 Å². The Hall–Kier alpha value is -7.26. The Balaban J connectivity index is 1.06. The molecule has 1 fully saturated rings. The van der Waals surface area contributed by atoms with Crippen molar-refractivity contribution in [2.75, 3.05) is 42.1 Å². The van der Waals surface area contributed by atoms with Crippen molar-refractivity contribution < 1.29 is 19.1 Å². The van der Waals surface area contributed by atoms with Gasteiger partial charge in [0.2, 0.25) is 17.8 Å². The number of halogens is 1. The highest BCUT2D eigenvalue weighted by molar-refractivity contribution is 5.93. The van der Waals surface area contributed by atoms with Crippen LogP contribution < -0.4 is 21.5 Å². The van der Waals surface area contributed by atoms with Gasteiger partial charge in [0.05, 0.1) is 29.2 Å². The van der Waals surface area contributed by atoms with E-state index in [2.05, 4.69) is 56.0 Å². The highest BCUT2D eigenvalue weighted by atomic mass is 19.1. The van der Waals surface area contributed by atoms with Gasteiger partial charge < -0.3 is 30.9 Å². The molecule has 1 saturated heterocycles. The predicted molar refractivity (Wildman–Crippen MR) is 199 cm³/mol. The monoisotopic (exact) mass is 743 g/mol. The zero-order valence-electron chi connectivity index (χ0n) is 29.2. The number of nitrogens with zero attached hydrogens (tertiary/aromatic N) is 8. The summed E-state index contributed by atoms with van der Waals surface area (Å²) in [5, 5.41) is 34.4. The van der Waals surface area contributed by atoms with Crippen molar-refractivity contribution in [3.63, 3.8) is 0 Å². The number of carbonyl (C=O) groups is 2. The number of nitrogens with one attached hydrogen (secondary N) is 5. The van der Waals surface area contributed by atoms with Gasteiger partial charge in [-0.2, -0.15) is 25.3 Å². The number of rotatable bonds is 13. The van der Waals surface area contributed by atoms with E-state index in [0.717, 1.165) is 5.56 Å². The van der Waals surface area contributed by atoms with Crippen LogP contribution in [-0.2, 0) is 24.3 Å². The average molecular weight is 744 g/mol. The molecule has 278 valence electrons. The van der Waals surface area contributed by atoms with Gasteiger partial charge in [0.15, 0.2) is 0 Å². The van der Waals surface area contributed by atoms with Gasteiger partial charge in [-0.1, -0.05) is 24.3 Å². The molecule has 0 unspecified atom stereocenters. The van der Waals surface area contributed by atoms with Crippen molar-refractivity contribution in [2.45, 2.75) is 25.6 Å². The topological polar surface area (TPSA) is 234 Å². The van der Waals surface area contributed by atoms with Crippen LogP contribution in [-0.4, -0.2) is 94.1 Å². The molecule has 0 bridgehead atoms. The van der Waals surface area contributed by atoms with E-state index in [9.17, 15) is 23.9 Å². The third kappa shape index (κ3) is 9.04. The van der Waals surface area contributed by atoms with Gasteiger partial charge in [-0.25, -0.2) is 19.3 Å². The number of H-pyrrole nitrogens is 2. The molecular formula is C37H34FN13O4. The van der Waals surface area contributed by atoms with Crippen LogP contribution in [0.1, 0.15) is 32.9 Å². The first-order chi connectivity index (χ1) is 26.7. The van der Waals surface area contributed by atoms with E-state index < -0.39 is 23.4 Å². The van der Waals surface area contributed by atoms with Crippen molar-refractivity contribution in [2.24, 2.45) is 0 Å². The van der Waals surface area contributed by atoms with Crippen molar-refractivity contribution in [3.8, 4) is 6.07 Å². The number of imidazole rings is 1. The second-order valence-corrected chi connectivity index (χ2v) is 12.7. The Kier molecular flexibility index (Phi) is 10.6. The molecule has 0 saturated carbocycles. The Labute approximate surface area is 312 Å². The minimum atomic E-state index is -1.13. The lowest BCUT2D eigenvalue weighted by Gasteiger charge is -2.34. The quantitative estimate of drug-likeness (QED) is 0.0997. The number of carboxylic acid groups (broad SMARTS) is 1. The number of hydrogen-bond donors (Lipinski definition) is 6. The zero-order chi connectivity index (χ0) is 38.3. The second-order valence-electron chi connectivity index (χ2n) is 12.7. The summed E-state index contributed by atoms with van der Waals surface area (Å²) in [5.74, 6) is -1.12. The molecule has 17 nitrogen and oxygen atoms in total. The van der Waals surface area contributed by atoms with E-state index >= 15 is 0 Å². The number of aromatic amines is 2. The van der Waals surface area contributed by atoms with Crippen molar-refractivity contribution in [1.82, 2.24) is 44.9 Å². The fraction of sp³-hybridized carbons (Fsp3) is 0.216. The van der Waals surface area contributed by atoms with Crippen LogP contribution in [0.25, 0.3) is 11.0 Å². The summed E-state index contributed by atoms with van der Waals surface area (Å²) in [6, 6.07) is 20.9. The molecule has 0 spiro atoms. The van der Waals surface area contributed by atoms with E-state index in [1.54, 1.807) is 35.2 Å². The van der Waals surface area contributed by atoms with E-state index in [1.807, 2.05) is 30.3 Å². The summed E-state index contributed by atoms with van der Waals surface area (Å²) in [6.07, 6.45) is 1.47. The number of anilines is 4. The molecule has 1 aliphatic heterocycles. The highest BCUT2D eigenvalue weighted by Gasteiger charge is 2.24. The van der Waals surface area contributed by atoms with Crippen LogP contribution in [0, 0.1) is 17.1 Å². The smallest absolute Gasteiger partial charge is 0.326 e. The molecule has 6 aromatic rings. The molecule has 55 heavy (non-hydrogen) atoms. The average Bonchev–Trinajstić information content (AvgIpc) is 3.59. The number of nitriles is 1. The third-order valence-corrected chi connectivity index (χ3v) is 8.87. The van der Waals surface area contributed by atoms with Crippen LogP contribution >= 0.6 is 0 Å². The lowest BCUT2D eigenvalue weighted by atomic mass is 10.0. The van der Waals surface area contributed by atoms with Gasteiger partial charge in [0, 0.05) is 51.0 Å². The van der Waals surface area contributed by atoms with Gasteiger partial charge in [0.25, 0.3) is 11.5 Å². The van der Waals surface area contributed by atoms with E-state index in [-0.39, 0.29) is 42.3 Å². The number of benzene rings is 3. The number of aliphatic carboxylic acids is 1. The molecule has 1 atom stereocenters. The number of amides is 1. The summed E-state index contributed by atoms with van der Waals surface area (Å²) in [6.45, 7) is 2.88. The van der Waals surface area contributed by atoms with E-state index in [4.69, 9.17) is 5.26 Å². The standard InChI is InChI=1S/C37H34FN13O4/c38-25-8-9-28-29(18-25)44-31(43-28)20-40-35-46-36(48-37(47-35)45-30(34(54)55)17-22-4-6-23(19-39)7-5-22)42-26-3-1-2-24(16-26)21-50-12-14-51(15-13-50)33(53)27-10-11-41-49-32(27)52/h1-11,16,18,30H,12-15,17,20-21H2,(H,43,44)(H,49,52)(H,54,55)(H3,40,42,45,46,47,48)/t30-/m0/s1. The first-order valence-electron chi connectivity index (χ1n) is 17.2. The van der Waals surface area contributed by atoms with Gasteiger partial charge in [0.1, 0.15) is 23.2 Å². The molecule has 1 amide bonds. The summed E-state index contributed by atoms with van der Waals surface area (Å²) >= 11 is 0. The number of aromatic nitrogens is 7. The van der Waals surface area contributed by atoms with Crippen LogP contribution in [0.4, 0.5) is 27.9 Å². The van der Waals surface area contributed by atoms with Gasteiger partial charge in [-0.3, -0.25) is 14.5 Å². The fourth-order valence-electron chi connectivity index (χ4n) is 6.09.